The Kier molecular flexibility index (Phi) is 3.09. The van der Waals surface area contributed by atoms with Crippen LogP contribution in [-0.2, 0) is 6.54 Å². The molecule has 0 saturated carbocycles. The van der Waals surface area contributed by atoms with E-state index in [4.69, 9.17) is 0 Å². The highest BCUT2D eigenvalue weighted by molar-refractivity contribution is 5.63. The summed E-state index contributed by atoms with van der Waals surface area (Å²) in [6.07, 6.45) is 0. The molecule has 0 atom stereocenters. The molecule has 0 N–H and O–H groups in total. The van der Waals surface area contributed by atoms with Gasteiger partial charge in [-0.2, -0.15) is 5.10 Å². The molecule has 0 aliphatic heterocycles. The van der Waals surface area contributed by atoms with Gasteiger partial charge in [-0.1, -0.05) is 23.8 Å². The molecule has 2 rings (SSSR count). The van der Waals surface area contributed by atoms with E-state index in [-0.39, 0.29) is 5.56 Å². The fourth-order valence-electron chi connectivity index (χ4n) is 1.92. The molecule has 0 unspecified atom stereocenters. The van der Waals surface area contributed by atoms with Gasteiger partial charge in [-0.25, -0.2) is 4.68 Å². The Morgan fingerprint density at radius 1 is 1.18 bits per heavy atom. The first kappa shape index (κ1) is 11.6. The molecule has 0 amide bonds. The normalized spacial score (nSPS) is 10.5. The molecule has 88 valence electrons. The summed E-state index contributed by atoms with van der Waals surface area (Å²) in [6, 6.07) is 9.60. The van der Waals surface area contributed by atoms with Crippen molar-refractivity contribution in [1.29, 1.82) is 0 Å². The molecule has 17 heavy (non-hydrogen) atoms. The summed E-state index contributed by atoms with van der Waals surface area (Å²) < 4.78 is 1.48. The van der Waals surface area contributed by atoms with Crippen LogP contribution in [0.3, 0.4) is 0 Å². The highest BCUT2D eigenvalue weighted by Crippen LogP contribution is 2.21. The van der Waals surface area contributed by atoms with E-state index in [2.05, 4.69) is 37.1 Å². The summed E-state index contributed by atoms with van der Waals surface area (Å²) in [5.74, 6) is 0. The lowest BCUT2D eigenvalue weighted by molar-refractivity contribution is 0.619. The Morgan fingerprint density at radius 2 is 1.94 bits per heavy atom. The summed E-state index contributed by atoms with van der Waals surface area (Å²) in [7, 11) is 0. The van der Waals surface area contributed by atoms with Crippen molar-refractivity contribution in [2.24, 2.45) is 0 Å². The van der Waals surface area contributed by atoms with Gasteiger partial charge in [0.1, 0.15) is 0 Å². The van der Waals surface area contributed by atoms with Crippen LogP contribution < -0.4 is 5.56 Å². The Morgan fingerprint density at radius 3 is 2.59 bits per heavy atom. The summed E-state index contributed by atoms with van der Waals surface area (Å²) >= 11 is 0. The zero-order valence-corrected chi connectivity index (χ0v) is 10.4. The Hall–Kier alpha value is -1.90. The van der Waals surface area contributed by atoms with E-state index in [1.165, 1.54) is 15.8 Å². The van der Waals surface area contributed by atoms with Gasteiger partial charge in [0.15, 0.2) is 0 Å². The zero-order chi connectivity index (χ0) is 12.4. The van der Waals surface area contributed by atoms with Crippen LogP contribution >= 0.6 is 0 Å². The van der Waals surface area contributed by atoms with Crippen LogP contribution in [0.15, 0.2) is 35.1 Å². The SMILES string of the molecule is CCn1nc(-c2ccc(C)cc2C)ccc1=O. The molecule has 0 bridgehead atoms. The van der Waals surface area contributed by atoms with Gasteiger partial charge in [0.25, 0.3) is 5.56 Å². The number of rotatable bonds is 2. The van der Waals surface area contributed by atoms with E-state index in [0.717, 1.165) is 11.3 Å². The average Bonchev–Trinajstić information content (AvgIpc) is 2.30. The van der Waals surface area contributed by atoms with Crippen molar-refractivity contribution in [3.63, 3.8) is 0 Å². The van der Waals surface area contributed by atoms with E-state index in [1.54, 1.807) is 12.1 Å². The number of hydrogen-bond donors (Lipinski definition) is 0. The molecule has 0 aliphatic rings. The highest BCUT2D eigenvalue weighted by atomic mass is 16.1. The monoisotopic (exact) mass is 228 g/mol. The molecular weight excluding hydrogens is 212 g/mol. The molecule has 0 radical (unpaired) electrons. The summed E-state index contributed by atoms with van der Waals surface area (Å²) in [5, 5.41) is 4.36. The number of aryl methyl sites for hydroxylation is 3. The molecule has 2 aromatic rings. The molecule has 0 fully saturated rings. The average molecular weight is 228 g/mol. The molecule has 1 aromatic carbocycles. The minimum Gasteiger partial charge on any atom is -0.268 e. The van der Waals surface area contributed by atoms with Crippen molar-refractivity contribution >= 4 is 0 Å². The smallest absolute Gasteiger partial charge is 0.266 e. The van der Waals surface area contributed by atoms with E-state index in [1.807, 2.05) is 6.92 Å². The summed E-state index contributed by atoms with van der Waals surface area (Å²) in [4.78, 5) is 11.5. The van der Waals surface area contributed by atoms with Gasteiger partial charge in [0.05, 0.1) is 5.69 Å². The Labute approximate surface area is 101 Å². The van der Waals surface area contributed by atoms with Gasteiger partial charge in [0, 0.05) is 18.2 Å². The van der Waals surface area contributed by atoms with Crippen LogP contribution in [0.25, 0.3) is 11.3 Å². The minimum absolute atomic E-state index is 0.0546. The number of benzene rings is 1. The lowest BCUT2D eigenvalue weighted by Crippen LogP contribution is -2.21. The third kappa shape index (κ3) is 2.28. The van der Waals surface area contributed by atoms with E-state index in [0.29, 0.717) is 6.54 Å². The summed E-state index contributed by atoms with van der Waals surface area (Å²) in [6.45, 7) is 6.64. The van der Waals surface area contributed by atoms with Gasteiger partial charge in [0.2, 0.25) is 0 Å². The topological polar surface area (TPSA) is 34.9 Å². The number of nitrogens with zero attached hydrogens (tertiary/aromatic N) is 2. The van der Waals surface area contributed by atoms with Crippen molar-refractivity contribution in [3.8, 4) is 11.3 Å². The van der Waals surface area contributed by atoms with Gasteiger partial charge in [-0.05, 0) is 32.4 Å². The highest BCUT2D eigenvalue weighted by Gasteiger charge is 2.05. The van der Waals surface area contributed by atoms with E-state index < -0.39 is 0 Å². The molecule has 1 heterocycles. The van der Waals surface area contributed by atoms with Crippen molar-refractivity contribution in [1.82, 2.24) is 9.78 Å². The third-order valence-electron chi connectivity index (χ3n) is 2.82. The van der Waals surface area contributed by atoms with Gasteiger partial charge >= 0.3 is 0 Å². The largest absolute Gasteiger partial charge is 0.268 e. The Balaban J connectivity index is 2.57. The predicted molar refractivity (Wildman–Crippen MR) is 69.1 cm³/mol. The second-order valence-corrected chi connectivity index (χ2v) is 4.19. The maximum atomic E-state index is 11.5. The lowest BCUT2D eigenvalue weighted by atomic mass is 10.0. The molecular formula is C14H16N2O. The van der Waals surface area contributed by atoms with Crippen LogP contribution in [0.4, 0.5) is 0 Å². The Bertz CT molecular complexity index is 599. The van der Waals surface area contributed by atoms with Crippen molar-refractivity contribution < 1.29 is 0 Å². The molecule has 0 aliphatic carbocycles. The molecule has 1 aromatic heterocycles. The quantitative estimate of drug-likeness (QED) is 0.791. The molecule has 3 nitrogen and oxygen atoms in total. The number of hydrogen-bond acceptors (Lipinski definition) is 2. The third-order valence-corrected chi connectivity index (χ3v) is 2.82. The minimum atomic E-state index is -0.0546. The summed E-state index contributed by atoms with van der Waals surface area (Å²) in [5.41, 5.74) is 4.29. The fourth-order valence-corrected chi connectivity index (χ4v) is 1.92. The predicted octanol–water partition coefficient (Wildman–Crippen LogP) is 2.55. The van der Waals surface area contributed by atoms with Crippen LogP contribution in [0, 0.1) is 13.8 Å². The molecule has 3 heteroatoms. The van der Waals surface area contributed by atoms with Crippen LogP contribution in [0.1, 0.15) is 18.1 Å². The van der Waals surface area contributed by atoms with Crippen molar-refractivity contribution in [2.75, 3.05) is 0 Å². The van der Waals surface area contributed by atoms with Crippen LogP contribution in [-0.4, -0.2) is 9.78 Å². The second kappa shape index (κ2) is 4.53. The maximum absolute atomic E-state index is 11.5. The first-order valence-corrected chi connectivity index (χ1v) is 5.77. The van der Waals surface area contributed by atoms with E-state index in [9.17, 15) is 4.79 Å². The molecule has 0 saturated heterocycles. The van der Waals surface area contributed by atoms with Crippen LogP contribution in [0.2, 0.25) is 0 Å². The van der Waals surface area contributed by atoms with Crippen molar-refractivity contribution in [3.05, 3.63) is 51.8 Å². The maximum Gasteiger partial charge on any atom is 0.266 e. The van der Waals surface area contributed by atoms with Gasteiger partial charge < -0.3 is 0 Å². The zero-order valence-electron chi connectivity index (χ0n) is 10.4. The van der Waals surface area contributed by atoms with E-state index >= 15 is 0 Å². The van der Waals surface area contributed by atoms with Gasteiger partial charge in [-0.15, -0.1) is 0 Å². The first-order valence-electron chi connectivity index (χ1n) is 5.77. The first-order chi connectivity index (χ1) is 8.11. The second-order valence-electron chi connectivity index (χ2n) is 4.19. The standard InChI is InChI=1S/C14H16N2O/c1-4-16-14(17)8-7-13(15-16)12-6-5-10(2)9-11(12)3/h5-9H,4H2,1-3H3. The van der Waals surface area contributed by atoms with Gasteiger partial charge in [-0.3, -0.25) is 4.79 Å². The van der Waals surface area contributed by atoms with Crippen LogP contribution in [0.5, 0.6) is 0 Å². The number of aromatic nitrogens is 2. The molecule has 0 spiro atoms. The van der Waals surface area contributed by atoms with Crippen molar-refractivity contribution in [2.45, 2.75) is 27.3 Å². The lowest BCUT2D eigenvalue weighted by Gasteiger charge is -2.08. The fraction of sp³-hybridized carbons (Fsp3) is 0.286.